The minimum absolute atomic E-state index is 0.0378. The molecule has 7 heteroatoms. The van der Waals surface area contributed by atoms with E-state index >= 15 is 0 Å². The van der Waals surface area contributed by atoms with Crippen LogP contribution in [0, 0.1) is 5.41 Å². The first-order valence-corrected chi connectivity index (χ1v) is 15.0. The third-order valence-electron chi connectivity index (χ3n) is 7.11. The summed E-state index contributed by atoms with van der Waals surface area (Å²) in [5.74, 6) is 0.230. The molecule has 0 aliphatic carbocycles. The van der Waals surface area contributed by atoms with Crippen LogP contribution in [0.1, 0.15) is 26.3 Å². The molecule has 1 N–H and O–H groups in total. The minimum atomic E-state index is -4.17. The zero-order valence-electron chi connectivity index (χ0n) is 22.9. The number of fused-ring (bicyclic) bond motifs is 4. The summed E-state index contributed by atoms with van der Waals surface area (Å²) < 4.78 is 32.7. The van der Waals surface area contributed by atoms with Crippen molar-refractivity contribution in [1.82, 2.24) is 4.98 Å². The first-order valence-electron chi connectivity index (χ1n) is 13.3. The number of phenolic OH excluding ortho intramolecular Hbond substituents is 1. The number of aromatic nitrogens is 1. The van der Waals surface area contributed by atoms with Crippen LogP contribution in [0.3, 0.4) is 0 Å². The van der Waals surface area contributed by atoms with E-state index in [0.29, 0.717) is 33.5 Å². The van der Waals surface area contributed by atoms with Crippen LogP contribution in [0.2, 0.25) is 5.02 Å². The number of rotatable bonds is 5. The van der Waals surface area contributed by atoms with Crippen molar-refractivity contribution in [2.75, 3.05) is 0 Å². The standard InChI is InChI=1S/C34H28ClNO4S/c1-34(2,3)20-29-25-12-8-7-9-21(25)17-28(33(29)37)32-31-26(15-16-36-32)27-19-23(35)14-13-22(27)18-30(31)40-41(38,39)24-10-5-4-6-11-24/h4-19,37H,20H2,1-3H3. The van der Waals surface area contributed by atoms with Gasteiger partial charge in [0.2, 0.25) is 0 Å². The molecular formula is C34H28ClNO4S. The van der Waals surface area contributed by atoms with Crippen molar-refractivity contribution in [1.29, 1.82) is 0 Å². The Morgan fingerprint density at radius 1 is 0.829 bits per heavy atom. The Kier molecular flexibility index (Phi) is 6.63. The SMILES string of the molecule is CC(C)(C)Cc1c(O)c(-c2nccc3c2c(OS(=O)(=O)c2ccccc2)cc2ccc(Cl)cc23)cc2ccccc12. The summed E-state index contributed by atoms with van der Waals surface area (Å²) in [4.78, 5) is 4.74. The van der Waals surface area contributed by atoms with Gasteiger partial charge in [-0.15, -0.1) is 0 Å². The number of hydrogen-bond donors (Lipinski definition) is 1. The van der Waals surface area contributed by atoms with Crippen molar-refractivity contribution in [3.63, 3.8) is 0 Å². The van der Waals surface area contributed by atoms with E-state index in [1.165, 1.54) is 12.1 Å². The van der Waals surface area contributed by atoms with Gasteiger partial charge in [0.1, 0.15) is 10.6 Å². The zero-order valence-corrected chi connectivity index (χ0v) is 24.4. The zero-order chi connectivity index (χ0) is 28.9. The molecule has 0 fully saturated rings. The monoisotopic (exact) mass is 581 g/mol. The van der Waals surface area contributed by atoms with Crippen molar-refractivity contribution in [2.45, 2.75) is 32.1 Å². The van der Waals surface area contributed by atoms with Crippen LogP contribution in [-0.2, 0) is 16.5 Å². The van der Waals surface area contributed by atoms with Crippen LogP contribution in [0.15, 0.2) is 102 Å². The van der Waals surface area contributed by atoms with Crippen molar-refractivity contribution >= 4 is 54.0 Å². The molecule has 1 heterocycles. The highest BCUT2D eigenvalue weighted by Crippen LogP contribution is 2.46. The van der Waals surface area contributed by atoms with Crippen molar-refractivity contribution in [2.24, 2.45) is 5.41 Å². The third-order valence-corrected chi connectivity index (χ3v) is 8.59. The number of benzene rings is 5. The quantitative estimate of drug-likeness (QED) is 0.162. The molecule has 0 radical (unpaired) electrons. The van der Waals surface area contributed by atoms with E-state index in [2.05, 4.69) is 20.8 Å². The Bertz CT molecular complexity index is 2070. The van der Waals surface area contributed by atoms with Gasteiger partial charge in [-0.2, -0.15) is 8.42 Å². The second kappa shape index (κ2) is 10.1. The summed E-state index contributed by atoms with van der Waals surface area (Å²) in [7, 11) is -4.17. The fourth-order valence-electron chi connectivity index (χ4n) is 5.36. The largest absolute Gasteiger partial charge is 0.507 e. The number of pyridine rings is 1. The number of halogens is 1. The Morgan fingerprint density at radius 3 is 2.29 bits per heavy atom. The molecular weight excluding hydrogens is 554 g/mol. The normalized spacial score (nSPS) is 12.3. The van der Waals surface area contributed by atoms with E-state index in [-0.39, 0.29) is 21.8 Å². The fourth-order valence-corrected chi connectivity index (χ4v) is 6.49. The van der Waals surface area contributed by atoms with Gasteiger partial charge in [-0.25, -0.2) is 0 Å². The molecule has 6 rings (SSSR count). The van der Waals surface area contributed by atoms with Crippen LogP contribution >= 0.6 is 11.6 Å². The van der Waals surface area contributed by atoms with Crippen LogP contribution in [-0.4, -0.2) is 18.5 Å². The van der Waals surface area contributed by atoms with Gasteiger partial charge in [-0.1, -0.05) is 80.9 Å². The number of nitrogens with zero attached hydrogens (tertiary/aromatic N) is 1. The lowest BCUT2D eigenvalue weighted by Gasteiger charge is -2.22. The number of phenols is 1. The van der Waals surface area contributed by atoms with Gasteiger partial charge >= 0.3 is 10.1 Å². The molecule has 5 aromatic carbocycles. The maximum Gasteiger partial charge on any atom is 0.339 e. The second-order valence-corrected chi connectivity index (χ2v) is 13.4. The molecule has 0 atom stereocenters. The van der Waals surface area contributed by atoms with Gasteiger partial charge in [-0.05, 0) is 81.2 Å². The molecule has 0 spiro atoms. The summed E-state index contributed by atoms with van der Waals surface area (Å²) >= 11 is 6.39. The van der Waals surface area contributed by atoms with Gasteiger partial charge in [0.15, 0.2) is 5.75 Å². The van der Waals surface area contributed by atoms with E-state index in [1.54, 1.807) is 36.5 Å². The molecule has 5 nitrogen and oxygen atoms in total. The van der Waals surface area contributed by atoms with E-state index in [4.69, 9.17) is 20.8 Å². The lowest BCUT2D eigenvalue weighted by molar-refractivity contribution is 0.397. The molecule has 0 aliphatic rings. The molecule has 0 amide bonds. The predicted molar refractivity (Wildman–Crippen MR) is 166 cm³/mol. The molecule has 6 aromatic rings. The highest BCUT2D eigenvalue weighted by Gasteiger charge is 2.25. The van der Waals surface area contributed by atoms with Gasteiger partial charge in [0, 0.05) is 22.3 Å². The summed E-state index contributed by atoms with van der Waals surface area (Å²) in [5.41, 5.74) is 1.63. The van der Waals surface area contributed by atoms with E-state index in [0.717, 1.165) is 27.1 Å². The van der Waals surface area contributed by atoms with Gasteiger partial charge in [-0.3, -0.25) is 4.98 Å². The fraction of sp³-hybridized carbons (Fsp3) is 0.147. The van der Waals surface area contributed by atoms with Gasteiger partial charge in [0.05, 0.1) is 11.1 Å². The van der Waals surface area contributed by atoms with Crippen molar-refractivity contribution in [3.05, 3.63) is 108 Å². The number of aromatic hydroxyl groups is 1. The summed E-state index contributed by atoms with van der Waals surface area (Å²) in [6.45, 7) is 6.38. The third kappa shape index (κ3) is 5.09. The molecule has 0 unspecified atom stereocenters. The van der Waals surface area contributed by atoms with Crippen molar-refractivity contribution in [3.8, 4) is 22.8 Å². The van der Waals surface area contributed by atoms with E-state index in [9.17, 15) is 13.5 Å². The molecule has 0 aliphatic heterocycles. The summed E-state index contributed by atoms with van der Waals surface area (Å²) in [5, 5.41) is 17.0. The molecule has 0 bridgehead atoms. The predicted octanol–water partition coefficient (Wildman–Crippen LogP) is 8.92. The topological polar surface area (TPSA) is 76.5 Å². The molecule has 206 valence electrons. The van der Waals surface area contributed by atoms with Crippen molar-refractivity contribution < 1.29 is 17.7 Å². The van der Waals surface area contributed by atoms with E-state index < -0.39 is 10.1 Å². The Balaban J connectivity index is 1.69. The summed E-state index contributed by atoms with van der Waals surface area (Å²) in [6, 6.07) is 26.8. The first kappa shape index (κ1) is 27.1. The molecule has 0 saturated heterocycles. The van der Waals surface area contributed by atoms with Crippen LogP contribution in [0.25, 0.3) is 43.6 Å². The maximum absolute atomic E-state index is 13.4. The average Bonchev–Trinajstić information content (AvgIpc) is 2.94. The van der Waals surface area contributed by atoms with Crippen LogP contribution < -0.4 is 4.18 Å². The minimum Gasteiger partial charge on any atom is -0.507 e. The van der Waals surface area contributed by atoms with E-state index in [1.807, 2.05) is 48.5 Å². The second-order valence-electron chi connectivity index (χ2n) is 11.4. The van der Waals surface area contributed by atoms with Crippen LogP contribution in [0.4, 0.5) is 0 Å². The molecule has 1 aromatic heterocycles. The van der Waals surface area contributed by atoms with Gasteiger partial charge in [0.25, 0.3) is 0 Å². The average molecular weight is 582 g/mol. The Hall–Kier alpha value is -4.13. The summed E-state index contributed by atoms with van der Waals surface area (Å²) in [6.07, 6.45) is 2.29. The Labute approximate surface area is 244 Å². The lowest BCUT2D eigenvalue weighted by atomic mass is 9.84. The first-order chi connectivity index (χ1) is 19.5. The highest BCUT2D eigenvalue weighted by atomic mass is 35.5. The lowest BCUT2D eigenvalue weighted by Crippen LogP contribution is -2.11. The molecule has 41 heavy (non-hydrogen) atoms. The Morgan fingerprint density at radius 2 is 1.54 bits per heavy atom. The van der Waals surface area contributed by atoms with Gasteiger partial charge < -0.3 is 9.29 Å². The molecule has 0 saturated carbocycles. The number of hydrogen-bond acceptors (Lipinski definition) is 5. The highest BCUT2D eigenvalue weighted by molar-refractivity contribution is 7.87. The maximum atomic E-state index is 13.4. The smallest absolute Gasteiger partial charge is 0.339 e. The van der Waals surface area contributed by atoms with Crippen LogP contribution in [0.5, 0.6) is 11.5 Å².